The maximum atomic E-state index is 14.5. The lowest BCUT2D eigenvalue weighted by molar-refractivity contribution is -0.125. The summed E-state index contributed by atoms with van der Waals surface area (Å²) in [5, 5.41) is 3.09. The number of terminal acetylenes is 1. The second-order valence-electron chi connectivity index (χ2n) is 10.5. The van der Waals surface area contributed by atoms with Crippen LogP contribution in [0.5, 0.6) is 5.75 Å². The fourth-order valence-electron chi connectivity index (χ4n) is 4.45. The molecule has 0 aromatic heterocycles. The number of anilines is 1. The zero-order valence-corrected chi connectivity index (χ0v) is 26.6. The number of carbonyl (C=O) groups is 1. The molecule has 6 nitrogen and oxygen atoms in total. The number of ether oxygens (including phenoxy) is 1. The first-order valence-corrected chi connectivity index (χ1v) is 15.0. The summed E-state index contributed by atoms with van der Waals surface area (Å²) in [5.74, 6) is 0.169. The number of carbonyl (C=O) groups excluding carboxylic acids is 1. The van der Waals surface area contributed by atoms with Crippen LogP contribution in [0.15, 0.2) is 107 Å². The number of alkyl halides is 3. The van der Waals surface area contributed by atoms with Gasteiger partial charge in [-0.05, 0) is 63.5 Å². The Kier molecular flexibility index (Phi) is 15.4. The van der Waals surface area contributed by atoms with Crippen LogP contribution < -0.4 is 15.0 Å². The molecule has 2 aromatic rings. The van der Waals surface area contributed by atoms with Crippen LogP contribution in [0.1, 0.15) is 52.9 Å². The van der Waals surface area contributed by atoms with Gasteiger partial charge in [0.1, 0.15) is 11.6 Å². The number of unbranched alkanes of at least 4 members (excludes halogenated alkanes) is 2. The Morgan fingerprint density at radius 3 is 2.50 bits per heavy atom. The molecule has 0 atom stereocenters. The molecular weight excluding hydrogens is 596 g/mol. The van der Waals surface area contributed by atoms with Crippen molar-refractivity contribution in [2.24, 2.45) is 4.99 Å². The third kappa shape index (κ3) is 12.3. The van der Waals surface area contributed by atoms with Gasteiger partial charge in [0.25, 0.3) is 5.91 Å². The van der Waals surface area contributed by atoms with Crippen LogP contribution in [-0.4, -0.2) is 42.6 Å². The molecule has 246 valence electrons. The van der Waals surface area contributed by atoms with Crippen LogP contribution in [0.4, 0.5) is 23.2 Å². The van der Waals surface area contributed by atoms with Crippen LogP contribution in [0.2, 0.25) is 0 Å². The predicted molar refractivity (Wildman–Crippen MR) is 177 cm³/mol. The number of hydrogen-bond donors (Lipinski definition) is 1. The minimum absolute atomic E-state index is 0.0239. The number of para-hydroxylation sites is 1. The summed E-state index contributed by atoms with van der Waals surface area (Å²) in [7, 11) is 0. The molecule has 1 aliphatic rings. The number of hydrogen-bond acceptors (Lipinski definition) is 3. The molecule has 0 aliphatic carbocycles. The van der Waals surface area contributed by atoms with Crippen molar-refractivity contribution in [3.8, 4) is 18.6 Å². The van der Waals surface area contributed by atoms with E-state index in [0.717, 1.165) is 24.5 Å². The zero-order chi connectivity index (χ0) is 34.1. The van der Waals surface area contributed by atoms with Gasteiger partial charge in [0.15, 0.2) is 5.96 Å². The molecule has 1 amide bonds. The van der Waals surface area contributed by atoms with E-state index in [9.17, 15) is 22.4 Å². The average molecular weight is 639 g/mol. The van der Waals surface area contributed by atoms with E-state index >= 15 is 0 Å². The lowest BCUT2D eigenvalue weighted by Gasteiger charge is -2.34. The van der Waals surface area contributed by atoms with E-state index < -0.39 is 18.4 Å². The van der Waals surface area contributed by atoms with Crippen LogP contribution in [-0.2, 0) is 4.79 Å². The predicted octanol–water partition coefficient (Wildman–Crippen LogP) is 8.53. The van der Waals surface area contributed by atoms with Gasteiger partial charge >= 0.3 is 6.18 Å². The molecule has 0 bridgehead atoms. The molecule has 46 heavy (non-hydrogen) atoms. The first-order valence-electron chi connectivity index (χ1n) is 15.0. The Morgan fingerprint density at radius 2 is 1.87 bits per heavy atom. The summed E-state index contributed by atoms with van der Waals surface area (Å²) in [6.07, 6.45) is 9.94. The summed E-state index contributed by atoms with van der Waals surface area (Å²) < 4.78 is 57.9. The minimum atomic E-state index is -4.28. The Hall–Kier alpha value is -4.78. The number of halogens is 4. The molecule has 0 unspecified atom stereocenters. The minimum Gasteiger partial charge on any atom is -0.441 e. The van der Waals surface area contributed by atoms with Crippen molar-refractivity contribution >= 4 is 17.6 Å². The van der Waals surface area contributed by atoms with E-state index in [2.05, 4.69) is 36.7 Å². The SMILES string of the molecule is C#C.C=C(C)NC(=NC/C=C\CC(F)(F)F)N1CCC(C)=C(C(=O)N(C(=CCCCC)Oc2cccc(F)c2)c2ccccc2)C1. The van der Waals surface area contributed by atoms with Gasteiger partial charge in [0.2, 0.25) is 5.88 Å². The van der Waals surface area contributed by atoms with Gasteiger partial charge in [-0.25, -0.2) is 14.3 Å². The molecule has 0 radical (unpaired) electrons. The van der Waals surface area contributed by atoms with E-state index in [4.69, 9.17) is 4.74 Å². The second-order valence-corrected chi connectivity index (χ2v) is 10.5. The monoisotopic (exact) mass is 638 g/mol. The smallest absolute Gasteiger partial charge is 0.392 e. The van der Waals surface area contributed by atoms with Crippen molar-refractivity contribution in [2.75, 3.05) is 24.5 Å². The number of allylic oxidation sites excluding steroid dienone is 3. The molecule has 0 saturated heterocycles. The number of amides is 1. The van der Waals surface area contributed by atoms with Crippen LogP contribution in [0.25, 0.3) is 0 Å². The zero-order valence-electron chi connectivity index (χ0n) is 26.6. The van der Waals surface area contributed by atoms with Crippen LogP contribution in [0, 0.1) is 18.7 Å². The van der Waals surface area contributed by atoms with Gasteiger partial charge in [0.05, 0.1) is 25.2 Å². The van der Waals surface area contributed by atoms with Crippen molar-refractivity contribution in [3.63, 3.8) is 0 Å². The molecule has 1 aliphatic heterocycles. The van der Waals surface area contributed by atoms with Crippen LogP contribution in [0.3, 0.4) is 0 Å². The number of aliphatic imine (C=N–C) groups is 1. The lowest BCUT2D eigenvalue weighted by Crippen LogP contribution is -2.47. The van der Waals surface area contributed by atoms with Gasteiger partial charge in [-0.2, -0.15) is 13.2 Å². The Balaban J connectivity index is 0.00000361. The normalized spacial score (nSPS) is 14.1. The number of nitrogens with one attached hydrogen (secondary N) is 1. The van der Waals surface area contributed by atoms with Crippen LogP contribution >= 0.6 is 0 Å². The fraction of sp³-hybridized carbons (Fsp3) is 0.333. The van der Waals surface area contributed by atoms with E-state index in [-0.39, 0.29) is 30.6 Å². The maximum Gasteiger partial charge on any atom is 0.392 e. The number of rotatable bonds is 12. The summed E-state index contributed by atoms with van der Waals surface area (Å²) in [6.45, 7) is 10.4. The molecular formula is C36H42F4N4O2. The molecule has 0 spiro atoms. The third-order valence-corrected chi connectivity index (χ3v) is 6.70. The van der Waals surface area contributed by atoms with Gasteiger partial charge in [-0.15, -0.1) is 12.8 Å². The topological polar surface area (TPSA) is 57.2 Å². The Bertz CT molecular complexity index is 1440. The van der Waals surface area contributed by atoms with E-state index in [0.29, 0.717) is 42.3 Å². The Labute approximate surface area is 269 Å². The van der Waals surface area contributed by atoms with Crippen molar-refractivity contribution in [2.45, 2.75) is 59.1 Å². The van der Waals surface area contributed by atoms with Crippen molar-refractivity contribution in [1.82, 2.24) is 10.2 Å². The maximum absolute atomic E-state index is 14.5. The highest BCUT2D eigenvalue weighted by Gasteiger charge is 2.31. The molecule has 1 heterocycles. The summed E-state index contributed by atoms with van der Waals surface area (Å²) in [5.41, 5.74) is 2.59. The van der Waals surface area contributed by atoms with Crippen molar-refractivity contribution in [3.05, 3.63) is 108 Å². The number of guanidine groups is 1. The molecule has 2 aromatic carbocycles. The Morgan fingerprint density at radius 1 is 1.15 bits per heavy atom. The molecule has 0 saturated carbocycles. The average Bonchev–Trinajstić information content (AvgIpc) is 3.01. The molecule has 3 rings (SSSR count). The van der Waals surface area contributed by atoms with Gasteiger partial charge in [-0.3, -0.25) is 4.79 Å². The fourth-order valence-corrected chi connectivity index (χ4v) is 4.45. The molecule has 1 N–H and O–H groups in total. The third-order valence-electron chi connectivity index (χ3n) is 6.70. The molecule has 0 fully saturated rings. The molecule has 10 heteroatoms. The van der Waals surface area contributed by atoms with Gasteiger partial charge < -0.3 is 15.0 Å². The van der Waals surface area contributed by atoms with Crippen molar-refractivity contribution < 1.29 is 27.1 Å². The summed E-state index contributed by atoms with van der Waals surface area (Å²) in [4.78, 5) is 22.3. The second kappa shape index (κ2) is 18.9. The summed E-state index contributed by atoms with van der Waals surface area (Å²) in [6, 6.07) is 14.9. The first-order chi connectivity index (χ1) is 22.0. The highest BCUT2D eigenvalue weighted by atomic mass is 19.4. The van der Waals surface area contributed by atoms with Gasteiger partial charge in [-0.1, -0.05) is 61.9 Å². The number of nitrogens with zero attached hydrogens (tertiary/aromatic N) is 3. The number of benzene rings is 2. The highest BCUT2D eigenvalue weighted by molar-refractivity contribution is 6.08. The van der Waals surface area contributed by atoms with Crippen molar-refractivity contribution in [1.29, 1.82) is 0 Å². The van der Waals surface area contributed by atoms with E-state index in [1.807, 2.05) is 36.1 Å². The lowest BCUT2D eigenvalue weighted by atomic mass is 10.00. The van der Waals surface area contributed by atoms with E-state index in [1.165, 1.54) is 23.1 Å². The highest BCUT2D eigenvalue weighted by Crippen LogP contribution is 2.29. The largest absolute Gasteiger partial charge is 0.441 e. The standard InChI is InChI=1S/C34H40F4N4O2.C2H2/c1-5-6-8-18-31(44-29-17-13-14-27(35)23-29)42(28-15-9-7-10-16-28)32(43)30-24-41(22-19-26(30)4)33(40-25(2)3)39-21-12-11-20-34(36,37)38;1-2/h7,9-18,23H,2,5-6,8,19-22,24H2,1,3-4H3,(H,39,40);1-2H/b12-11-,31-18?;. The van der Waals surface area contributed by atoms with Gasteiger partial charge in [0, 0.05) is 23.9 Å². The van der Waals surface area contributed by atoms with E-state index in [1.54, 1.807) is 31.2 Å². The quantitative estimate of drug-likeness (QED) is 0.0482. The summed E-state index contributed by atoms with van der Waals surface area (Å²) >= 11 is 0. The first kappa shape index (κ1) is 37.4.